The number of benzene rings is 1. The Bertz CT molecular complexity index is 385. The summed E-state index contributed by atoms with van der Waals surface area (Å²) < 4.78 is 13.4. The molecule has 17 heavy (non-hydrogen) atoms. The second-order valence-corrected chi connectivity index (χ2v) is 4.68. The average molecular weight is 256 g/mol. The Morgan fingerprint density at radius 2 is 2.29 bits per heavy atom. The van der Waals surface area contributed by atoms with Crippen LogP contribution in [-0.4, -0.2) is 24.5 Å². The van der Waals surface area contributed by atoms with Crippen LogP contribution in [0.15, 0.2) is 18.2 Å². The lowest BCUT2D eigenvalue weighted by atomic mass is 10.1. The van der Waals surface area contributed by atoms with Gasteiger partial charge in [0.1, 0.15) is 5.82 Å². The number of amides is 1. The van der Waals surface area contributed by atoms with Crippen LogP contribution >= 0.6 is 11.8 Å². The molecule has 5 heteroatoms. The third kappa shape index (κ3) is 4.75. The molecule has 0 spiro atoms. The Morgan fingerprint density at radius 3 is 2.94 bits per heavy atom. The van der Waals surface area contributed by atoms with Gasteiger partial charge in [-0.15, -0.1) is 0 Å². The molecule has 3 N–H and O–H groups in total. The SMILES string of the molecule is CSCCCNCc1cc(C(N)=O)ccc1F. The van der Waals surface area contributed by atoms with Crippen LogP contribution in [0.1, 0.15) is 22.3 Å². The van der Waals surface area contributed by atoms with Crippen LogP contribution in [0.2, 0.25) is 0 Å². The Balaban J connectivity index is 2.51. The zero-order chi connectivity index (χ0) is 12.7. The number of nitrogens with two attached hydrogens (primary N) is 1. The van der Waals surface area contributed by atoms with Gasteiger partial charge in [-0.1, -0.05) is 0 Å². The highest BCUT2D eigenvalue weighted by Gasteiger charge is 2.06. The molecular formula is C12H17FN2OS. The summed E-state index contributed by atoms with van der Waals surface area (Å²) in [7, 11) is 0. The molecule has 0 atom stereocenters. The first kappa shape index (κ1) is 14.0. The monoisotopic (exact) mass is 256 g/mol. The van der Waals surface area contributed by atoms with E-state index in [4.69, 9.17) is 5.73 Å². The van der Waals surface area contributed by atoms with E-state index in [2.05, 4.69) is 11.6 Å². The van der Waals surface area contributed by atoms with Gasteiger partial charge in [-0.2, -0.15) is 11.8 Å². The second kappa shape index (κ2) is 7.29. The predicted molar refractivity (Wildman–Crippen MR) is 69.6 cm³/mol. The summed E-state index contributed by atoms with van der Waals surface area (Å²) in [5, 5.41) is 3.14. The molecule has 0 heterocycles. The van der Waals surface area contributed by atoms with Gasteiger partial charge in [0, 0.05) is 17.7 Å². The van der Waals surface area contributed by atoms with E-state index in [1.54, 1.807) is 11.8 Å². The molecule has 1 rings (SSSR count). The van der Waals surface area contributed by atoms with Gasteiger partial charge in [0.05, 0.1) is 0 Å². The zero-order valence-electron chi connectivity index (χ0n) is 9.83. The van der Waals surface area contributed by atoms with Gasteiger partial charge in [0.15, 0.2) is 0 Å². The van der Waals surface area contributed by atoms with Crippen LogP contribution in [0, 0.1) is 5.82 Å². The van der Waals surface area contributed by atoms with Gasteiger partial charge in [0.2, 0.25) is 5.91 Å². The summed E-state index contributed by atoms with van der Waals surface area (Å²) >= 11 is 1.78. The van der Waals surface area contributed by atoms with Crippen molar-refractivity contribution in [3.05, 3.63) is 35.1 Å². The fourth-order valence-electron chi connectivity index (χ4n) is 1.43. The van der Waals surface area contributed by atoms with Crippen molar-refractivity contribution < 1.29 is 9.18 Å². The van der Waals surface area contributed by atoms with Crippen molar-refractivity contribution in [1.82, 2.24) is 5.32 Å². The normalized spacial score (nSPS) is 10.5. The van der Waals surface area contributed by atoms with Gasteiger partial charge in [-0.05, 0) is 43.2 Å². The molecule has 0 aliphatic carbocycles. The molecule has 0 bridgehead atoms. The minimum Gasteiger partial charge on any atom is -0.366 e. The fraction of sp³-hybridized carbons (Fsp3) is 0.417. The number of thioether (sulfide) groups is 1. The largest absolute Gasteiger partial charge is 0.366 e. The van der Waals surface area contributed by atoms with Crippen molar-refractivity contribution in [3.63, 3.8) is 0 Å². The predicted octanol–water partition coefficient (Wildman–Crippen LogP) is 1.77. The van der Waals surface area contributed by atoms with Crippen molar-refractivity contribution in [3.8, 4) is 0 Å². The lowest BCUT2D eigenvalue weighted by molar-refractivity contribution is 0.1000. The van der Waals surface area contributed by atoms with E-state index in [0.717, 1.165) is 18.7 Å². The minimum atomic E-state index is -0.534. The van der Waals surface area contributed by atoms with Crippen LogP contribution in [-0.2, 0) is 6.54 Å². The molecule has 0 radical (unpaired) electrons. The Morgan fingerprint density at radius 1 is 1.53 bits per heavy atom. The van der Waals surface area contributed by atoms with E-state index in [1.807, 2.05) is 0 Å². The maximum atomic E-state index is 13.4. The lowest BCUT2D eigenvalue weighted by Crippen LogP contribution is -2.17. The van der Waals surface area contributed by atoms with E-state index in [1.165, 1.54) is 18.2 Å². The summed E-state index contributed by atoms with van der Waals surface area (Å²) in [5.41, 5.74) is 5.96. The Kier molecular flexibility index (Phi) is 6.00. The summed E-state index contributed by atoms with van der Waals surface area (Å²) in [6.07, 6.45) is 3.09. The van der Waals surface area contributed by atoms with Gasteiger partial charge >= 0.3 is 0 Å². The van der Waals surface area contributed by atoms with Gasteiger partial charge < -0.3 is 11.1 Å². The van der Waals surface area contributed by atoms with Crippen LogP contribution in [0.3, 0.4) is 0 Å². The topological polar surface area (TPSA) is 55.1 Å². The van der Waals surface area contributed by atoms with Crippen LogP contribution < -0.4 is 11.1 Å². The molecule has 0 aromatic heterocycles. The molecule has 1 aromatic rings. The molecule has 1 amide bonds. The van der Waals surface area contributed by atoms with Crippen molar-refractivity contribution in [1.29, 1.82) is 0 Å². The van der Waals surface area contributed by atoms with Crippen LogP contribution in [0.5, 0.6) is 0 Å². The number of halogens is 1. The average Bonchev–Trinajstić information content (AvgIpc) is 2.30. The highest BCUT2D eigenvalue weighted by Crippen LogP contribution is 2.10. The molecule has 0 unspecified atom stereocenters. The smallest absolute Gasteiger partial charge is 0.248 e. The number of hydrogen-bond acceptors (Lipinski definition) is 3. The number of nitrogens with one attached hydrogen (secondary N) is 1. The summed E-state index contributed by atoms with van der Waals surface area (Å²) in [6.45, 7) is 1.25. The van der Waals surface area contributed by atoms with Crippen molar-refractivity contribution in [2.45, 2.75) is 13.0 Å². The molecular weight excluding hydrogens is 239 g/mol. The maximum absolute atomic E-state index is 13.4. The van der Waals surface area contributed by atoms with Crippen molar-refractivity contribution in [2.24, 2.45) is 5.73 Å². The molecule has 94 valence electrons. The summed E-state index contributed by atoms with van der Waals surface area (Å²) in [6, 6.07) is 4.17. The highest BCUT2D eigenvalue weighted by molar-refractivity contribution is 7.98. The highest BCUT2D eigenvalue weighted by atomic mass is 32.2. The third-order valence-corrected chi connectivity index (χ3v) is 3.04. The van der Waals surface area contributed by atoms with E-state index < -0.39 is 5.91 Å². The molecule has 0 saturated heterocycles. The van der Waals surface area contributed by atoms with Crippen LogP contribution in [0.4, 0.5) is 4.39 Å². The fourth-order valence-corrected chi connectivity index (χ4v) is 1.86. The summed E-state index contributed by atoms with van der Waals surface area (Å²) in [5.74, 6) is 0.234. The second-order valence-electron chi connectivity index (χ2n) is 3.69. The van der Waals surface area contributed by atoms with Crippen molar-refractivity contribution in [2.75, 3.05) is 18.6 Å². The van der Waals surface area contributed by atoms with Gasteiger partial charge in [-0.3, -0.25) is 4.79 Å². The minimum absolute atomic E-state index is 0.313. The van der Waals surface area contributed by atoms with Gasteiger partial charge in [-0.25, -0.2) is 4.39 Å². The first-order valence-electron chi connectivity index (χ1n) is 5.43. The van der Waals surface area contributed by atoms with Gasteiger partial charge in [0.25, 0.3) is 0 Å². The lowest BCUT2D eigenvalue weighted by Gasteiger charge is -2.06. The number of hydrogen-bond donors (Lipinski definition) is 2. The third-order valence-electron chi connectivity index (χ3n) is 2.35. The van der Waals surface area contributed by atoms with E-state index >= 15 is 0 Å². The molecule has 0 aliphatic rings. The maximum Gasteiger partial charge on any atom is 0.248 e. The number of carbonyl (C=O) groups is 1. The molecule has 1 aromatic carbocycles. The molecule has 0 fully saturated rings. The first-order chi connectivity index (χ1) is 8.15. The van der Waals surface area contributed by atoms with E-state index in [-0.39, 0.29) is 5.82 Å². The zero-order valence-corrected chi connectivity index (χ0v) is 10.6. The Hall–Kier alpha value is -1.07. The Labute approximate surface area is 105 Å². The number of primary amides is 1. The molecule has 0 aliphatic heterocycles. The quantitative estimate of drug-likeness (QED) is 0.731. The summed E-state index contributed by atoms with van der Waals surface area (Å²) in [4.78, 5) is 11.0. The van der Waals surface area contributed by atoms with Crippen molar-refractivity contribution >= 4 is 17.7 Å². The van der Waals surface area contributed by atoms with Crippen LogP contribution in [0.25, 0.3) is 0 Å². The number of rotatable bonds is 7. The standard InChI is InChI=1S/C12H17FN2OS/c1-17-6-2-5-15-8-10-7-9(12(14)16)3-4-11(10)13/h3-4,7,15H,2,5-6,8H2,1H3,(H2,14,16). The van der Waals surface area contributed by atoms with E-state index in [9.17, 15) is 9.18 Å². The van der Waals surface area contributed by atoms with E-state index in [0.29, 0.717) is 17.7 Å². The number of carbonyl (C=O) groups excluding carboxylic acids is 1. The molecule has 0 saturated carbocycles. The molecule has 3 nitrogen and oxygen atoms in total. The first-order valence-corrected chi connectivity index (χ1v) is 6.82.